The predicted octanol–water partition coefficient (Wildman–Crippen LogP) is 0.707. The highest BCUT2D eigenvalue weighted by molar-refractivity contribution is 5.88. The lowest BCUT2D eigenvalue weighted by Crippen LogP contribution is -2.68. The zero-order chi connectivity index (χ0) is 28.5. The van der Waals surface area contributed by atoms with Gasteiger partial charge in [-0.2, -0.15) is 0 Å². The van der Waals surface area contributed by atoms with Crippen LogP contribution in [-0.4, -0.2) is 87.3 Å². The molecule has 6 atom stereocenters. The maximum atomic E-state index is 12.6. The van der Waals surface area contributed by atoms with Gasteiger partial charge in [-0.15, -0.1) is 0 Å². The summed E-state index contributed by atoms with van der Waals surface area (Å²) >= 11 is 0. The fraction of sp³-hybridized carbons (Fsp3) is 0.846. The Morgan fingerprint density at radius 2 is 1.37 bits per heavy atom. The molecule has 1 aliphatic rings. The van der Waals surface area contributed by atoms with Gasteiger partial charge in [0.2, 0.25) is 17.7 Å². The second-order valence-electron chi connectivity index (χ2n) is 10.0. The van der Waals surface area contributed by atoms with Crippen molar-refractivity contribution in [1.82, 2.24) is 16.0 Å². The van der Waals surface area contributed by atoms with Crippen LogP contribution in [-0.2, 0) is 23.9 Å². The lowest BCUT2D eigenvalue weighted by Gasteiger charge is -2.42. The molecule has 0 spiro atoms. The number of ether oxygens (including phenoxy) is 1. The lowest BCUT2D eigenvalue weighted by atomic mass is 9.95. The maximum Gasteiger partial charge on any atom is 0.326 e. The molecule has 0 aromatic heterocycles. The minimum Gasteiger partial charge on any atom is -0.480 e. The van der Waals surface area contributed by atoms with Crippen LogP contribution in [0.5, 0.6) is 0 Å². The summed E-state index contributed by atoms with van der Waals surface area (Å²) in [5.41, 5.74) is 0. The van der Waals surface area contributed by atoms with E-state index in [2.05, 4.69) is 22.9 Å². The molecule has 3 amide bonds. The lowest BCUT2D eigenvalue weighted by molar-refractivity contribution is -0.203. The van der Waals surface area contributed by atoms with Crippen LogP contribution in [0.2, 0.25) is 0 Å². The molecular formula is C26H47N3O9. The summed E-state index contributed by atoms with van der Waals surface area (Å²) in [4.78, 5) is 48.0. The molecule has 1 fully saturated rings. The Bertz CT molecular complexity index is 737. The number of unbranched alkanes of at least 4 members (excludes halogenated alkanes) is 10. The molecule has 38 heavy (non-hydrogen) atoms. The van der Waals surface area contributed by atoms with E-state index < -0.39 is 73.3 Å². The molecule has 1 saturated heterocycles. The Hall–Kier alpha value is -2.28. The number of aliphatic hydroxyl groups is 3. The fourth-order valence-electron chi connectivity index (χ4n) is 4.45. The summed E-state index contributed by atoms with van der Waals surface area (Å²) in [6.45, 7) is 2.71. The highest BCUT2D eigenvalue weighted by Gasteiger charge is 2.45. The highest BCUT2D eigenvalue weighted by Crippen LogP contribution is 2.20. The fourth-order valence-corrected chi connectivity index (χ4v) is 4.45. The van der Waals surface area contributed by atoms with Gasteiger partial charge in [0.15, 0.2) is 6.23 Å². The van der Waals surface area contributed by atoms with Crippen LogP contribution in [0.3, 0.4) is 0 Å². The minimum absolute atomic E-state index is 0.154. The summed E-state index contributed by atoms with van der Waals surface area (Å²) in [5, 5.41) is 46.3. The van der Waals surface area contributed by atoms with Crippen molar-refractivity contribution in [3.8, 4) is 0 Å². The molecule has 1 rings (SSSR count). The van der Waals surface area contributed by atoms with Crippen molar-refractivity contribution in [1.29, 1.82) is 0 Å². The average molecular weight is 546 g/mol. The minimum atomic E-state index is -1.56. The van der Waals surface area contributed by atoms with Gasteiger partial charge in [0.25, 0.3) is 0 Å². The summed E-state index contributed by atoms with van der Waals surface area (Å²) < 4.78 is 5.41. The molecule has 7 N–H and O–H groups in total. The van der Waals surface area contributed by atoms with E-state index >= 15 is 0 Å². The zero-order valence-corrected chi connectivity index (χ0v) is 22.7. The normalized spacial score (nSPS) is 23.9. The van der Waals surface area contributed by atoms with Crippen molar-refractivity contribution in [2.75, 3.05) is 6.61 Å². The van der Waals surface area contributed by atoms with Crippen LogP contribution < -0.4 is 16.0 Å². The first-order chi connectivity index (χ1) is 18.1. The maximum absolute atomic E-state index is 12.6. The van der Waals surface area contributed by atoms with Gasteiger partial charge < -0.3 is 41.1 Å². The molecule has 1 aliphatic heterocycles. The number of nitrogens with one attached hydrogen (secondary N) is 3. The molecule has 1 unspecified atom stereocenters. The van der Waals surface area contributed by atoms with Gasteiger partial charge in [-0.25, -0.2) is 4.79 Å². The molecule has 0 aromatic rings. The number of aliphatic carboxylic acids is 1. The summed E-state index contributed by atoms with van der Waals surface area (Å²) in [6, 6.07) is -2.73. The molecule has 0 radical (unpaired) electrons. The van der Waals surface area contributed by atoms with Crippen molar-refractivity contribution >= 4 is 23.7 Å². The van der Waals surface area contributed by atoms with Gasteiger partial charge in [0.1, 0.15) is 30.4 Å². The first-order valence-corrected chi connectivity index (χ1v) is 13.8. The van der Waals surface area contributed by atoms with E-state index in [9.17, 15) is 39.6 Å². The molecular weight excluding hydrogens is 498 g/mol. The van der Waals surface area contributed by atoms with E-state index in [1.54, 1.807) is 0 Å². The van der Waals surface area contributed by atoms with Crippen molar-refractivity contribution < 1.29 is 44.3 Å². The number of hydrogen-bond donors (Lipinski definition) is 7. The van der Waals surface area contributed by atoms with Gasteiger partial charge in [-0.1, -0.05) is 71.1 Å². The molecule has 0 saturated carbocycles. The van der Waals surface area contributed by atoms with Crippen LogP contribution in [0.1, 0.15) is 97.3 Å². The average Bonchev–Trinajstić information content (AvgIpc) is 2.86. The van der Waals surface area contributed by atoms with Crippen LogP contribution >= 0.6 is 0 Å². The van der Waals surface area contributed by atoms with Gasteiger partial charge >= 0.3 is 5.97 Å². The standard InChI is InChI=1S/C26H47N3O9/c1-3-4-5-6-7-8-9-10-11-12-13-14-20(32)28-18(26(36)37)15-21(33)29-25-22(27-17(2)31)24(35)23(34)19(16-30)38-25/h18-19,22-25,30,34-35H,3-16H2,1-2H3,(H,27,31)(H,28,32)(H,29,33)(H,36,37)/t18?,19-,22-,23-,24-,25-/m1/s1. The van der Waals surface area contributed by atoms with E-state index in [4.69, 9.17) is 4.74 Å². The number of hydrogen-bond acceptors (Lipinski definition) is 8. The number of rotatable bonds is 19. The van der Waals surface area contributed by atoms with Gasteiger partial charge in [-0.3, -0.25) is 14.4 Å². The summed E-state index contributed by atoms with van der Waals surface area (Å²) in [7, 11) is 0. The summed E-state index contributed by atoms with van der Waals surface area (Å²) in [5.74, 6) is -3.25. The van der Waals surface area contributed by atoms with Crippen molar-refractivity contribution in [2.24, 2.45) is 0 Å². The molecule has 0 aromatic carbocycles. The third kappa shape index (κ3) is 13.0. The summed E-state index contributed by atoms with van der Waals surface area (Å²) in [6.07, 6.45) is 6.28. The zero-order valence-electron chi connectivity index (χ0n) is 22.7. The van der Waals surface area contributed by atoms with E-state index in [0.717, 1.165) is 19.3 Å². The number of carboxylic acid groups (broad SMARTS) is 1. The van der Waals surface area contributed by atoms with Crippen LogP contribution in [0.15, 0.2) is 0 Å². The Balaban J connectivity index is 2.44. The topological polar surface area (TPSA) is 195 Å². The smallest absolute Gasteiger partial charge is 0.326 e. The SMILES string of the molecule is CCCCCCCCCCCCCC(=O)NC(CC(=O)N[C@@H]1O[C@H](CO)[C@@H](O)[C@H](O)[C@H]1NC(C)=O)C(=O)O. The third-order valence-corrected chi connectivity index (χ3v) is 6.63. The highest BCUT2D eigenvalue weighted by atomic mass is 16.5. The van der Waals surface area contributed by atoms with Gasteiger partial charge in [0, 0.05) is 13.3 Å². The molecule has 1 heterocycles. The van der Waals surface area contributed by atoms with E-state index in [1.807, 2.05) is 0 Å². The number of carboxylic acids is 1. The van der Waals surface area contributed by atoms with Gasteiger partial charge in [-0.05, 0) is 6.42 Å². The second-order valence-corrected chi connectivity index (χ2v) is 10.0. The second kappa shape index (κ2) is 18.9. The Morgan fingerprint density at radius 3 is 1.87 bits per heavy atom. The van der Waals surface area contributed by atoms with Crippen LogP contribution in [0.25, 0.3) is 0 Å². The number of amides is 3. The molecule has 0 bridgehead atoms. The predicted molar refractivity (Wildman–Crippen MR) is 139 cm³/mol. The Labute approximate surface area is 224 Å². The molecule has 220 valence electrons. The van der Waals surface area contributed by atoms with Crippen LogP contribution in [0.4, 0.5) is 0 Å². The monoisotopic (exact) mass is 545 g/mol. The van der Waals surface area contributed by atoms with Gasteiger partial charge in [0.05, 0.1) is 13.0 Å². The van der Waals surface area contributed by atoms with Crippen molar-refractivity contribution in [3.63, 3.8) is 0 Å². The van der Waals surface area contributed by atoms with Crippen molar-refractivity contribution in [3.05, 3.63) is 0 Å². The molecule has 12 nitrogen and oxygen atoms in total. The number of carbonyl (C=O) groups excluding carboxylic acids is 3. The molecule has 12 heteroatoms. The van der Waals surface area contributed by atoms with Crippen LogP contribution in [0, 0.1) is 0 Å². The number of aliphatic hydroxyl groups excluding tert-OH is 3. The number of carbonyl (C=O) groups is 4. The van der Waals surface area contributed by atoms with Crippen molar-refractivity contribution in [2.45, 2.75) is 134 Å². The Morgan fingerprint density at radius 1 is 0.816 bits per heavy atom. The third-order valence-electron chi connectivity index (χ3n) is 6.63. The largest absolute Gasteiger partial charge is 0.480 e. The van der Waals surface area contributed by atoms with E-state index in [0.29, 0.717) is 6.42 Å². The first-order valence-electron chi connectivity index (χ1n) is 13.8. The van der Waals surface area contributed by atoms with E-state index in [-0.39, 0.29) is 6.42 Å². The quantitative estimate of drug-likeness (QED) is 0.114. The molecule has 0 aliphatic carbocycles. The Kier molecular flexibility index (Phi) is 16.8. The first kappa shape index (κ1) is 33.7. The van der Waals surface area contributed by atoms with E-state index in [1.165, 1.54) is 51.9 Å².